The molecule has 0 spiro atoms. The quantitative estimate of drug-likeness (QED) is 0.327. The number of aliphatic carboxylic acids is 1. The summed E-state index contributed by atoms with van der Waals surface area (Å²) in [7, 11) is 3.80. The van der Waals surface area contributed by atoms with Gasteiger partial charge in [-0.15, -0.1) is 0 Å². The number of benzene rings is 1. The summed E-state index contributed by atoms with van der Waals surface area (Å²) in [5.74, 6) is -0.722. The van der Waals surface area contributed by atoms with E-state index in [2.05, 4.69) is 24.0 Å². The molecule has 5 heteroatoms. The summed E-state index contributed by atoms with van der Waals surface area (Å²) in [6.07, 6.45) is 7.84. The average Bonchev–Trinajstić information content (AvgIpc) is 2.62. The summed E-state index contributed by atoms with van der Waals surface area (Å²) in [4.78, 5) is 26.1. The van der Waals surface area contributed by atoms with Gasteiger partial charge in [0, 0.05) is 51.1 Å². The molecule has 0 radical (unpaired) electrons. The molecule has 0 aliphatic heterocycles. The molecule has 1 aromatic rings. The van der Waals surface area contributed by atoms with Crippen LogP contribution in [-0.4, -0.2) is 49.4 Å². The normalized spacial score (nSPS) is 11.3. The van der Waals surface area contributed by atoms with E-state index in [0.29, 0.717) is 5.57 Å². The van der Waals surface area contributed by atoms with E-state index in [9.17, 15) is 9.59 Å². The van der Waals surface area contributed by atoms with Crippen molar-refractivity contribution in [1.29, 1.82) is 0 Å². The summed E-state index contributed by atoms with van der Waals surface area (Å²) in [6.45, 7) is 4.09. The maximum absolute atomic E-state index is 11.3. The van der Waals surface area contributed by atoms with E-state index in [1.54, 1.807) is 0 Å². The van der Waals surface area contributed by atoms with Crippen LogP contribution in [0.2, 0.25) is 0 Å². The minimum atomic E-state index is -0.722. The fraction of sp³-hybridized carbons (Fsp3) is 0.524. The van der Waals surface area contributed by atoms with Gasteiger partial charge in [-0.25, -0.2) is 0 Å². The molecule has 144 valence electrons. The van der Waals surface area contributed by atoms with Gasteiger partial charge in [-0.1, -0.05) is 31.9 Å². The molecule has 0 atom stereocenters. The topological polar surface area (TPSA) is 60.9 Å². The van der Waals surface area contributed by atoms with Crippen molar-refractivity contribution in [2.75, 3.05) is 32.1 Å². The summed E-state index contributed by atoms with van der Waals surface area (Å²) in [5, 5.41) is 8.72. The second-order valence-electron chi connectivity index (χ2n) is 6.76. The predicted molar refractivity (Wildman–Crippen MR) is 107 cm³/mol. The summed E-state index contributed by atoms with van der Waals surface area (Å²) >= 11 is 0. The lowest BCUT2D eigenvalue weighted by Crippen LogP contribution is -2.25. The second kappa shape index (κ2) is 12.1. The molecule has 1 aromatic carbocycles. The predicted octanol–water partition coefficient (Wildman–Crippen LogP) is 4.04. The van der Waals surface area contributed by atoms with Crippen LogP contribution >= 0.6 is 0 Å². The first-order valence-electron chi connectivity index (χ1n) is 9.38. The Morgan fingerprint density at radius 2 is 1.69 bits per heavy atom. The molecule has 0 bridgehead atoms. The summed E-state index contributed by atoms with van der Waals surface area (Å²) in [5.41, 5.74) is 2.72. The molecule has 0 aliphatic carbocycles. The van der Waals surface area contributed by atoms with Gasteiger partial charge in [0.2, 0.25) is 0 Å². The van der Waals surface area contributed by atoms with Crippen molar-refractivity contribution in [2.24, 2.45) is 0 Å². The van der Waals surface area contributed by atoms with Crippen LogP contribution in [0.25, 0.3) is 5.57 Å². The molecule has 1 rings (SSSR count). The van der Waals surface area contributed by atoms with E-state index in [1.165, 1.54) is 0 Å². The molecule has 0 heterocycles. The largest absolute Gasteiger partial charge is 0.481 e. The van der Waals surface area contributed by atoms with Gasteiger partial charge in [0.15, 0.2) is 6.29 Å². The van der Waals surface area contributed by atoms with Gasteiger partial charge >= 0.3 is 5.97 Å². The van der Waals surface area contributed by atoms with E-state index in [1.807, 2.05) is 37.3 Å². The minimum Gasteiger partial charge on any atom is -0.481 e. The van der Waals surface area contributed by atoms with Gasteiger partial charge in [-0.2, -0.15) is 0 Å². The van der Waals surface area contributed by atoms with Gasteiger partial charge in [-0.05, 0) is 37.0 Å². The number of hydrogen-bond donors (Lipinski definition) is 1. The lowest BCUT2D eigenvalue weighted by atomic mass is 10.1. The third kappa shape index (κ3) is 8.19. The molecule has 1 N–H and O–H groups in total. The van der Waals surface area contributed by atoms with Crippen molar-refractivity contribution in [3.63, 3.8) is 0 Å². The second-order valence-corrected chi connectivity index (χ2v) is 6.76. The van der Waals surface area contributed by atoms with Crippen LogP contribution < -0.4 is 4.90 Å². The van der Waals surface area contributed by atoms with Gasteiger partial charge in [-0.3, -0.25) is 9.59 Å². The lowest BCUT2D eigenvalue weighted by molar-refractivity contribution is -0.137. The molecule has 0 aliphatic rings. The highest BCUT2D eigenvalue weighted by Crippen LogP contribution is 2.21. The van der Waals surface area contributed by atoms with Crippen LogP contribution in [0, 0.1) is 0 Å². The first-order valence-corrected chi connectivity index (χ1v) is 9.38. The van der Waals surface area contributed by atoms with Gasteiger partial charge in [0.1, 0.15) is 0 Å². The van der Waals surface area contributed by atoms with Crippen molar-refractivity contribution < 1.29 is 14.7 Å². The zero-order valence-electron chi connectivity index (χ0n) is 16.3. The maximum atomic E-state index is 11.3. The first-order chi connectivity index (χ1) is 12.5. The standard InChI is InChI=1S/C21H32N2O3/c1-4-5-14-23(15-8-6-7-9-21(25)26)20-12-10-18(11-13-20)19(17-24)16-22(2)3/h10-13,16-17H,4-9,14-15H2,1-3H3,(H,25,26)/b19-16-. The van der Waals surface area contributed by atoms with E-state index >= 15 is 0 Å². The molecular weight excluding hydrogens is 328 g/mol. The number of nitrogens with zero attached hydrogens (tertiary/aromatic N) is 2. The Kier molecular flexibility index (Phi) is 10.1. The van der Waals surface area contributed by atoms with Crippen LogP contribution in [0.4, 0.5) is 5.69 Å². The van der Waals surface area contributed by atoms with Crippen LogP contribution in [0.15, 0.2) is 30.5 Å². The molecule has 5 nitrogen and oxygen atoms in total. The van der Waals surface area contributed by atoms with Crippen molar-refractivity contribution >= 4 is 23.5 Å². The summed E-state index contributed by atoms with van der Waals surface area (Å²) < 4.78 is 0. The molecule has 0 fully saturated rings. The van der Waals surface area contributed by atoms with Crippen LogP contribution in [0.3, 0.4) is 0 Å². The van der Waals surface area contributed by atoms with E-state index < -0.39 is 5.97 Å². The highest BCUT2D eigenvalue weighted by atomic mass is 16.4. The Bertz CT molecular complexity index is 579. The zero-order chi connectivity index (χ0) is 19.4. The zero-order valence-corrected chi connectivity index (χ0v) is 16.3. The third-order valence-corrected chi connectivity index (χ3v) is 4.19. The molecule has 0 saturated carbocycles. The monoisotopic (exact) mass is 360 g/mol. The van der Waals surface area contributed by atoms with Crippen LogP contribution in [0.5, 0.6) is 0 Å². The number of unbranched alkanes of at least 4 members (excludes halogenated alkanes) is 3. The number of carbonyl (C=O) groups is 2. The fourth-order valence-corrected chi connectivity index (χ4v) is 2.79. The molecule has 0 amide bonds. The molecular formula is C21H32N2O3. The SMILES string of the molecule is CCCCN(CCCCCC(=O)O)c1ccc(/C(C=O)=C\N(C)C)cc1. The van der Waals surface area contributed by atoms with Crippen molar-refractivity contribution in [1.82, 2.24) is 4.90 Å². The van der Waals surface area contributed by atoms with Gasteiger partial charge in [0.25, 0.3) is 0 Å². The van der Waals surface area contributed by atoms with E-state index in [-0.39, 0.29) is 6.42 Å². The average molecular weight is 360 g/mol. The van der Waals surface area contributed by atoms with Gasteiger partial charge < -0.3 is 14.9 Å². The number of hydrogen-bond acceptors (Lipinski definition) is 4. The van der Waals surface area contributed by atoms with E-state index in [0.717, 1.165) is 62.7 Å². The van der Waals surface area contributed by atoms with Gasteiger partial charge in [0.05, 0.1) is 0 Å². The summed E-state index contributed by atoms with van der Waals surface area (Å²) in [6, 6.07) is 8.11. The Morgan fingerprint density at radius 3 is 2.23 bits per heavy atom. The van der Waals surface area contributed by atoms with Crippen molar-refractivity contribution in [3.05, 3.63) is 36.0 Å². The molecule has 0 aromatic heterocycles. The molecule has 26 heavy (non-hydrogen) atoms. The Balaban J connectivity index is 2.74. The Hall–Kier alpha value is -2.30. The van der Waals surface area contributed by atoms with Crippen LogP contribution in [-0.2, 0) is 9.59 Å². The van der Waals surface area contributed by atoms with E-state index in [4.69, 9.17) is 5.11 Å². The fourth-order valence-electron chi connectivity index (χ4n) is 2.79. The molecule has 0 saturated heterocycles. The maximum Gasteiger partial charge on any atom is 0.303 e. The Morgan fingerprint density at radius 1 is 1.04 bits per heavy atom. The number of carboxylic acid groups (broad SMARTS) is 1. The van der Waals surface area contributed by atoms with Crippen molar-refractivity contribution in [2.45, 2.75) is 45.4 Å². The number of allylic oxidation sites excluding steroid dienone is 1. The number of carboxylic acids is 1. The first kappa shape index (κ1) is 21.7. The number of rotatable bonds is 13. The Labute approximate surface area is 157 Å². The minimum absolute atomic E-state index is 0.246. The number of aldehydes is 1. The number of anilines is 1. The third-order valence-electron chi connectivity index (χ3n) is 4.19. The van der Waals surface area contributed by atoms with Crippen molar-refractivity contribution in [3.8, 4) is 0 Å². The van der Waals surface area contributed by atoms with Crippen LogP contribution in [0.1, 0.15) is 51.0 Å². The highest BCUT2D eigenvalue weighted by molar-refractivity contribution is 6.06. The molecule has 0 unspecified atom stereocenters. The number of carbonyl (C=O) groups excluding carboxylic acids is 1. The smallest absolute Gasteiger partial charge is 0.303 e. The highest BCUT2D eigenvalue weighted by Gasteiger charge is 2.08. The lowest BCUT2D eigenvalue weighted by Gasteiger charge is -2.25.